The predicted octanol–water partition coefficient (Wildman–Crippen LogP) is 0.785. The minimum atomic E-state index is -0.671. The molecule has 76 valence electrons. The van der Waals surface area contributed by atoms with E-state index in [2.05, 4.69) is 4.90 Å². The van der Waals surface area contributed by atoms with Crippen LogP contribution in [-0.2, 0) is 4.74 Å². The number of nitrogens with two attached hydrogens (primary N) is 1. The number of hydrogen-bond donors (Lipinski definition) is 1. The van der Waals surface area contributed by atoms with Gasteiger partial charge < -0.3 is 15.4 Å². The lowest BCUT2D eigenvalue weighted by molar-refractivity contribution is 0.0581. The van der Waals surface area contributed by atoms with Gasteiger partial charge in [-0.2, -0.15) is 0 Å². The van der Waals surface area contributed by atoms with Gasteiger partial charge >= 0.3 is 6.09 Å². The molecule has 1 amide bonds. The molecule has 0 bridgehead atoms. The zero-order chi connectivity index (χ0) is 9.68. The second-order valence-electron chi connectivity index (χ2n) is 3.17. The first-order chi connectivity index (χ1) is 6.22. The minimum absolute atomic E-state index is 0.00377. The first-order valence-electron chi connectivity index (χ1n) is 4.47. The van der Waals surface area contributed by atoms with E-state index in [0.29, 0.717) is 5.88 Å². The molecule has 0 radical (unpaired) electrons. The highest BCUT2D eigenvalue weighted by Crippen LogP contribution is 2.13. The number of amides is 1. The molecule has 1 saturated heterocycles. The normalized spacial score (nSPS) is 20.1. The highest BCUT2D eigenvalue weighted by atomic mass is 35.5. The first-order valence-corrected chi connectivity index (χ1v) is 5.00. The average molecular weight is 207 g/mol. The van der Waals surface area contributed by atoms with E-state index in [-0.39, 0.29) is 6.10 Å². The molecule has 2 N–H and O–H groups in total. The molecule has 1 heterocycles. The fraction of sp³-hybridized carbons (Fsp3) is 0.875. The van der Waals surface area contributed by atoms with Gasteiger partial charge in [0.2, 0.25) is 0 Å². The third-order valence-electron chi connectivity index (χ3n) is 2.22. The number of piperidine rings is 1. The summed E-state index contributed by atoms with van der Waals surface area (Å²) in [5, 5.41) is 0. The zero-order valence-corrected chi connectivity index (χ0v) is 8.29. The van der Waals surface area contributed by atoms with Crippen LogP contribution in [0.15, 0.2) is 0 Å². The number of ether oxygens (including phenoxy) is 1. The largest absolute Gasteiger partial charge is 0.446 e. The van der Waals surface area contributed by atoms with Crippen molar-refractivity contribution in [2.75, 3.05) is 25.5 Å². The summed E-state index contributed by atoms with van der Waals surface area (Å²) in [6.07, 6.45) is 1.06. The number of primary amides is 1. The Labute approximate surface area is 83.0 Å². The van der Waals surface area contributed by atoms with Crippen molar-refractivity contribution in [2.45, 2.75) is 18.9 Å². The van der Waals surface area contributed by atoms with Gasteiger partial charge in [-0.1, -0.05) is 0 Å². The van der Waals surface area contributed by atoms with E-state index >= 15 is 0 Å². The molecule has 0 saturated carbocycles. The SMILES string of the molecule is NC(=O)OC1CCN(CCCl)CC1. The van der Waals surface area contributed by atoms with Crippen LogP contribution >= 0.6 is 11.6 Å². The number of alkyl halides is 1. The molecule has 0 aromatic heterocycles. The van der Waals surface area contributed by atoms with Crippen LogP contribution in [0.1, 0.15) is 12.8 Å². The topological polar surface area (TPSA) is 55.6 Å². The van der Waals surface area contributed by atoms with Crippen molar-refractivity contribution in [3.63, 3.8) is 0 Å². The summed E-state index contributed by atoms with van der Waals surface area (Å²) in [4.78, 5) is 12.7. The second kappa shape index (κ2) is 5.29. The number of rotatable bonds is 3. The molecule has 5 heteroatoms. The Balaban J connectivity index is 2.18. The van der Waals surface area contributed by atoms with Crippen LogP contribution < -0.4 is 5.73 Å². The van der Waals surface area contributed by atoms with E-state index < -0.39 is 6.09 Å². The molecular weight excluding hydrogens is 192 g/mol. The molecule has 0 atom stereocenters. The van der Waals surface area contributed by atoms with Gasteiger partial charge in [0, 0.05) is 25.5 Å². The Hall–Kier alpha value is -0.480. The standard InChI is InChI=1S/C8H15ClN2O2/c9-3-6-11-4-1-7(2-5-11)13-8(10)12/h7H,1-6H2,(H2,10,12). The summed E-state index contributed by atoms with van der Waals surface area (Å²) < 4.78 is 4.90. The van der Waals surface area contributed by atoms with Crippen molar-refractivity contribution in [1.82, 2.24) is 4.90 Å². The van der Waals surface area contributed by atoms with Gasteiger partial charge in [0.1, 0.15) is 6.10 Å². The van der Waals surface area contributed by atoms with Crippen molar-refractivity contribution in [3.8, 4) is 0 Å². The maximum absolute atomic E-state index is 10.4. The Morgan fingerprint density at radius 1 is 1.54 bits per heavy atom. The minimum Gasteiger partial charge on any atom is -0.446 e. The number of carbonyl (C=O) groups is 1. The highest BCUT2D eigenvalue weighted by molar-refractivity contribution is 6.18. The Kier molecular flexibility index (Phi) is 4.32. The number of likely N-dealkylation sites (tertiary alicyclic amines) is 1. The van der Waals surface area contributed by atoms with Crippen LogP contribution in [0.2, 0.25) is 0 Å². The lowest BCUT2D eigenvalue weighted by Crippen LogP contribution is -2.39. The number of halogens is 1. The summed E-state index contributed by atoms with van der Waals surface area (Å²) in [5.41, 5.74) is 4.92. The van der Waals surface area contributed by atoms with Crippen LogP contribution in [-0.4, -0.2) is 42.6 Å². The van der Waals surface area contributed by atoms with Crippen molar-refractivity contribution in [2.24, 2.45) is 5.73 Å². The quantitative estimate of drug-likeness (QED) is 0.695. The molecule has 0 unspecified atom stereocenters. The smallest absolute Gasteiger partial charge is 0.404 e. The van der Waals surface area contributed by atoms with Crippen LogP contribution in [0.3, 0.4) is 0 Å². The Morgan fingerprint density at radius 2 is 2.15 bits per heavy atom. The van der Waals surface area contributed by atoms with E-state index in [4.69, 9.17) is 22.1 Å². The third-order valence-corrected chi connectivity index (χ3v) is 2.39. The summed E-state index contributed by atoms with van der Waals surface area (Å²) in [7, 11) is 0. The summed E-state index contributed by atoms with van der Waals surface area (Å²) in [6.45, 7) is 2.78. The van der Waals surface area contributed by atoms with Crippen LogP contribution in [0, 0.1) is 0 Å². The lowest BCUT2D eigenvalue weighted by atomic mass is 10.1. The maximum Gasteiger partial charge on any atom is 0.404 e. The van der Waals surface area contributed by atoms with E-state index in [1.807, 2.05) is 0 Å². The summed E-state index contributed by atoms with van der Waals surface area (Å²) in [5.74, 6) is 0.654. The molecule has 4 nitrogen and oxygen atoms in total. The van der Waals surface area contributed by atoms with Crippen molar-refractivity contribution in [3.05, 3.63) is 0 Å². The molecule has 1 aliphatic rings. The molecule has 0 aliphatic carbocycles. The molecule has 1 fully saturated rings. The Bertz CT molecular complexity index is 170. The van der Waals surface area contributed by atoms with E-state index in [0.717, 1.165) is 32.5 Å². The lowest BCUT2D eigenvalue weighted by Gasteiger charge is -2.30. The molecule has 1 rings (SSSR count). The molecular formula is C8H15ClN2O2. The number of nitrogens with zero attached hydrogens (tertiary/aromatic N) is 1. The number of hydrogen-bond acceptors (Lipinski definition) is 3. The second-order valence-corrected chi connectivity index (χ2v) is 3.54. The average Bonchev–Trinajstić information content (AvgIpc) is 2.08. The van der Waals surface area contributed by atoms with E-state index in [1.54, 1.807) is 0 Å². The molecule has 0 aromatic rings. The van der Waals surface area contributed by atoms with Crippen molar-refractivity contribution in [1.29, 1.82) is 0 Å². The van der Waals surface area contributed by atoms with Gasteiger partial charge in [0.15, 0.2) is 0 Å². The Morgan fingerprint density at radius 3 is 2.62 bits per heavy atom. The number of carbonyl (C=O) groups excluding carboxylic acids is 1. The summed E-state index contributed by atoms with van der Waals surface area (Å²) in [6, 6.07) is 0. The fourth-order valence-corrected chi connectivity index (χ4v) is 1.77. The highest BCUT2D eigenvalue weighted by Gasteiger charge is 2.20. The molecule has 0 aromatic carbocycles. The summed E-state index contributed by atoms with van der Waals surface area (Å²) >= 11 is 5.61. The van der Waals surface area contributed by atoms with Gasteiger partial charge in [0.25, 0.3) is 0 Å². The third kappa shape index (κ3) is 3.83. The van der Waals surface area contributed by atoms with Gasteiger partial charge in [-0.25, -0.2) is 4.79 Å². The van der Waals surface area contributed by atoms with Crippen LogP contribution in [0.4, 0.5) is 4.79 Å². The van der Waals surface area contributed by atoms with E-state index in [9.17, 15) is 4.79 Å². The monoisotopic (exact) mass is 206 g/mol. The van der Waals surface area contributed by atoms with Gasteiger partial charge in [-0.15, -0.1) is 11.6 Å². The van der Waals surface area contributed by atoms with E-state index in [1.165, 1.54) is 0 Å². The van der Waals surface area contributed by atoms with Crippen LogP contribution in [0.5, 0.6) is 0 Å². The predicted molar refractivity (Wildman–Crippen MR) is 50.9 cm³/mol. The molecule has 13 heavy (non-hydrogen) atoms. The van der Waals surface area contributed by atoms with Crippen molar-refractivity contribution < 1.29 is 9.53 Å². The van der Waals surface area contributed by atoms with Gasteiger partial charge in [0.05, 0.1) is 0 Å². The van der Waals surface area contributed by atoms with Gasteiger partial charge in [-0.3, -0.25) is 0 Å². The zero-order valence-electron chi connectivity index (χ0n) is 7.54. The molecule has 0 spiro atoms. The fourth-order valence-electron chi connectivity index (χ4n) is 1.53. The van der Waals surface area contributed by atoms with Crippen molar-refractivity contribution >= 4 is 17.7 Å². The molecule has 1 aliphatic heterocycles. The maximum atomic E-state index is 10.4. The van der Waals surface area contributed by atoms with Crippen LogP contribution in [0.25, 0.3) is 0 Å². The first kappa shape index (κ1) is 10.6. The van der Waals surface area contributed by atoms with Gasteiger partial charge in [-0.05, 0) is 12.8 Å².